The molecule has 0 atom stereocenters. The molecule has 164 valence electrons. The molecule has 0 saturated heterocycles. The van der Waals surface area contributed by atoms with Crippen molar-refractivity contribution in [3.63, 3.8) is 0 Å². The molecule has 2 aromatic carbocycles. The van der Waals surface area contributed by atoms with Crippen LogP contribution in [0.5, 0.6) is 0 Å². The number of sulfonamides is 1. The summed E-state index contributed by atoms with van der Waals surface area (Å²) in [5.74, 6) is -0.299. The number of para-hydroxylation sites is 1. The van der Waals surface area contributed by atoms with Crippen molar-refractivity contribution in [2.75, 3.05) is 16.2 Å². The molecule has 0 fully saturated rings. The highest BCUT2D eigenvalue weighted by Crippen LogP contribution is 2.24. The van der Waals surface area contributed by atoms with E-state index in [0.29, 0.717) is 11.4 Å². The normalized spacial score (nSPS) is 11.3. The third kappa shape index (κ3) is 4.10. The molecule has 1 amide bonds. The van der Waals surface area contributed by atoms with Gasteiger partial charge in [0.2, 0.25) is 0 Å². The van der Waals surface area contributed by atoms with Crippen molar-refractivity contribution in [2.45, 2.75) is 11.8 Å². The maximum atomic E-state index is 13.1. The lowest BCUT2D eigenvalue weighted by Crippen LogP contribution is -2.30. The average Bonchev–Trinajstić information content (AvgIpc) is 3.43. The van der Waals surface area contributed by atoms with Crippen LogP contribution in [0.15, 0.2) is 76.2 Å². The summed E-state index contributed by atoms with van der Waals surface area (Å²) in [5.41, 5.74) is 1.41. The van der Waals surface area contributed by atoms with Crippen LogP contribution in [-0.2, 0) is 17.1 Å². The van der Waals surface area contributed by atoms with Crippen molar-refractivity contribution >= 4 is 27.6 Å². The van der Waals surface area contributed by atoms with Crippen molar-refractivity contribution in [1.29, 1.82) is 0 Å². The van der Waals surface area contributed by atoms with E-state index in [-0.39, 0.29) is 28.9 Å². The first-order valence-corrected chi connectivity index (χ1v) is 11.1. The van der Waals surface area contributed by atoms with E-state index >= 15 is 0 Å². The monoisotopic (exact) mass is 452 g/mol. The van der Waals surface area contributed by atoms with Gasteiger partial charge >= 0.3 is 6.01 Å². The fourth-order valence-electron chi connectivity index (χ4n) is 3.12. The summed E-state index contributed by atoms with van der Waals surface area (Å²) in [5, 5.41) is 14.2. The van der Waals surface area contributed by atoms with Crippen molar-refractivity contribution in [1.82, 2.24) is 20.0 Å². The molecule has 2 heterocycles. The van der Waals surface area contributed by atoms with Crippen LogP contribution in [0.1, 0.15) is 17.3 Å². The zero-order valence-corrected chi connectivity index (χ0v) is 18.2. The Bertz CT molecular complexity index is 1330. The first-order valence-electron chi connectivity index (χ1n) is 9.71. The van der Waals surface area contributed by atoms with Gasteiger partial charge in [-0.1, -0.05) is 23.3 Å². The first-order chi connectivity index (χ1) is 15.4. The van der Waals surface area contributed by atoms with Crippen LogP contribution in [0, 0.1) is 0 Å². The van der Waals surface area contributed by atoms with Crippen molar-refractivity contribution in [3.8, 4) is 11.6 Å². The van der Waals surface area contributed by atoms with Crippen LogP contribution >= 0.6 is 0 Å². The molecular weight excluding hydrogens is 432 g/mol. The molecule has 0 saturated carbocycles. The molecule has 0 spiro atoms. The Hall–Kier alpha value is -3.99. The number of aromatic nitrogens is 4. The number of nitrogens with zero attached hydrogens (tertiary/aromatic N) is 5. The van der Waals surface area contributed by atoms with E-state index in [1.807, 2.05) is 6.07 Å². The van der Waals surface area contributed by atoms with Gasteiger partial charge in [0.15, 0.2) is 0 Å². The quantitative estimate of drug-likeness (QED) is 0.457. The molecule has 0 aliphatic rings. The standard InChI is InChI=1S/C21H20N6O4S/c1-3-27(16-7-5-4-6-8-16)32(29,30)17-11-9-15(10-12-17)19(28)23-21-25-24-20(31-21)18-13-14-22-26(18)2/h4-14H,3H2,1-2H3,(H,23,25,28). The number of carbonyl (C=O) groups is 1. The van der Waals surface area contributed by atoms with Crippen LogP contribution < -0.4 is 9.62 Å². The van der Waals surface area contributed by atoms with E-state index in [9.17, 15) is 13.2 Å². The predicted molar refractivity (Wildman–Crippen MR) is 118 cm³/mol. The predicted octanol–water partition coefficient (Wildman–Crippen LogP) is 2.94. The molecule has 0 aliphatic heterocycles. The van der Waals surface area contributed by atoms with Gasteiger partial charge < -0.3 is 4.42 Å². The maximum Gasteiger partial charge on any atom is 0.322 e. The van der Waals surface area contributed by atoms with E-state index < -0.39 is 15.9 Å². The van der Waals surface area contributed by atoms with Gasteiger partial charge in [0, 0.05) is 25.4 Å². The van der Waals surface area contributed by atoms with E-state index in [0.717, 1.165) is 0 Å². The fraction of sp³-hybridized carbons (Fsp3) is 0.143. The van der Waals surface area contributed by atoms with Gasteiger partial charge in [-0.2, -0.15) is 5.10 Å². The van der Waals surface area contributed by atoms with Crippen molar-refractivity contribution in [2.24, 2.45) is 7.05 Å². The Labute approximate surface area is 184 Å². The average molecular weight is 452 g/mol. The Balaban J connectivity index is 1.50. The SMILES string of the molecule is CCN(c1ccccc1)S(=O)(=O)c1ccc(C(=O)Nc2nnc(-c3ccnn3C)o2)cc1. The van der Waals surface area contributed by atoms with Gasteiger partial charge in [-0.3, -0.25) is 19.1 Å². The minimum atomic E-state index is -3.78. The minimum Gasteiger partial charge on any atom is -0.401 e. The van der Waals surface area contributed by atoms with Crippen LogP contribution in [0.3, 0.4) is 0 Å². The summed E-state index contributed by atoms with van der Waals surface area (Å²) in [7, 11) is -2.05. The van der Waals surface area contributed by atoms with Gasteiger partial charge in [0.25, 0.3) is 21.8 Å². The molecule has 2 aromatic heterocycles. The van der Waals surface area contributed by atoms with Crippen LogP contribution in [0.25, 0.3) is 11.6 Å². The lowest BCUT2D eigenvalue weighted by molar-refractivity contribution is 0.102. The van der Waals surface area contributed by atoms with Gasteiger partial charge in [0.05, 0.1) is 10.6 Å². The first kappa shape index (κ1) is 21.2. The smallest absolute Gasteiger partial charge is 0.322 e. The second-order valence-electron chi connectivity index (χ2n) is 6.74. The van der Waals surface area contributed by atoms with E-state index in [4.69, 9.17) is 4.42 Å². The number of amides is 1. The number of carbonyl (C=O) groups excluding carboxylic acids is 1. The number of hydrogen-bond donors (Lipinski definition) is 1. The molecule has 1 N–H and O–H groups in total. The summed E-state index contributed by atoms with van der Waals surface area (Å²) in [6, 6.07) is 16.1. The molecular formula is C21H20N6O4S. The summed E-state index contributed by atoms with van der Waals surface area (Å²) in [4.78, 5) is 12.6. The summed E-state index contributed by atoms with van der Waals surface area (Å²) in [6.07, 6.45) is 1.59. The van der Waals surface area contributed by atoms with Crippen LogP contribution in [-0.4, -0.2) is 40.8 Å². The number of aryl methyl sites for hydroxylation is 1. The Morgan fingerprint density at radius 1 is 1.06 bits per heavy atom. The highest BCUT2D eigenvalue weighted by atomic mass is 32.2. The highest BCUT2D eigenvalue weighted by molar-refractivity contribution is 7.92. The molecule has 32 heavy (non-hydrogen) atoms. The van der Waals surface area contributed by atoms with Crippen molar-refractivity contribution in [3.05, 3.63) is 72.4 Å². The van der Waals surface area contributed by atoms with Gasteiger partial charge in [-0.05, 0) is 49.4 Å². The van der Waals surface area contributed by atoms with E-state index in [1.54, 1.807) is 55.2 Å². The number of anilines is 2. The molecule has 4 rings (SSSR count). The zero-order valence-electron chi connectivity index (χ0n) is 17.3. The second kappa shape index (κ2) is 8.63. The maximum absolute atomic E-state index is 13.1. The molecule has 0 bridgehead atoms. The Kier molecular flexibility index (Phi) is 5.73. The zero-order chi connectivity index (χ0) is 22.7. The number of rotatable bonds is 7. The number of hydrogen-bond acceptors (Lipinski definition) is 7. The third-order valence-corrected chi connectivity index (χ3v) is 6.64. The number of nitrogens with one attached hydrogen (secondary N) is 1. The second-order valence-corrected chi connectivity index (χ2v) is 8.60. The molecule has 11 heteroatoms. The molecule has 0 aliphatic carbocycles. The lowest BCUT2D eigenvalue weighted by Gasteiger charge is -2.22. The van der Waals surface area contributed by atoms with Crippen molar-refractivity contribution < 1.29 is 17.6 Å². The van der Waals surface area contributed by atoms with Crippen LogP contribution in [0.2, 0.25) is 0 Å². The van der Waals surface area contributed by atoms with Gasteiger partial charge in [-0.15, -0.1) is 5.10 Å². The van der Waals surface area contributed by atoms with E-state index in [1.165, 1.54) is 28.6 Å². The topological polar surface area (TPSA) is 123 Å². The molecule has 0 radical (unpaired) electrons. The fourth-order valence-corrected chi connectivity index (χ4v) is 4.60. The Morgan fingerprint density at radius 3 is 2.41 bits per heavy atom. The Morgan fingerprint density at radius 2 is 1.78 bits per heavy atom. The highest BCUT2D eigenvalue weighted by Gasteiger charge is 2.24. The molecule has 10 nitrogen and oxygen atoms in total. The third-order valence-electron chi connectivity index (χ3n) is 4.72. The van der Waals surface area contributed by atoms with Gasteiger partial charge in [-0.25, -0.2) is 8.42 Å². The molecule has 0 unspecified atom stereocenters. The molecule has 4 aromatic rings. The van der Waals surface area contributed by atoms with Crippen LogP contribution in [0.4, 0.5) is 11.7 Å². The minimum absolute atomic E-state index is 0.0795. The summed E-state index contributed by atoms with van der Waals surface area (Å²) >= 11 is 0. The van der Waals surface area contributed by atoms with E-state index in [2.05, 4.69) is 20.6 Å². The summed E-state index contributed by atoms with van der Waals surface area (Å²) < 4.78 is 34.5. The van der Waals surface area contributed by atoms with Gasteiger partial charge in [0.1, 0.15) is 5.69 Å². The number of benzene rings is 2. The largest absolute Gasteiger partial charge is 0.401 e. The lowest BCUT2D eigenvalue weighted by atomic mass is 10.2. The summed E-state index contributed by atoms with van der Waals surface area (Å²) in [6.45, 7) is 2.03.